The lowest BCUT2D eigenvalue weighted by molar-refractivity contribution is -0.117. The molecule has 0 radical (unpaired) electrons. The number of nitrogens with one attached hydrogen (secondary N) is 3. The molecule has 0 aliphatic heterocycles. The number of hydrogen-bond acceptors (Lipinski definition) is 4. The van der Waals surface area contributed by atoms with Crippen molar-refractivity contribution < 1.29 is 9.59 Å². The van der Waals surface area contributed by atoms with Crippen LogP contribution in [0.5, 0.6) is 0 Å². The lowest BCUT2D eigenvalue weighted by Crippen LogP contribution is -2.23. The molecule has 4 rings (SSSR count). The molecule has 0 aliphatic rings. The molecule has 4 aromatic rings. The SMILES string of the molecule is C=Cc1cccc(C(=O)Nc2n[nH]c3ccc(NC(=O)C(CCN)c4ccc(Cl)c(Cl)c4)cc23)c1. The Bertz CT molecular complexity index is 1420. The van der Waals surface area contributed by atoms with E-state index in [1.165, 1.54) is 0 Å². The fourth-order valence-corrected chi connectivity index (χ4v) is 4.05. The van der Waals surface area contributed by atoms with E-state index in [2.05, 4.69) is 27.4 Å². The van der Waals surface area contributed by atoms with Crippen LogP contribution in [0.2, 0.25) is 10.0 Å². The number of aromatic nitrogens is 2. The van der Waals surface area contributed by atoms with Crippen molar-refractivity contribution in [2.75, 3.05) is 17.2 Å². The second kappa shape index (κ2) is 10.7. The molecule has 0 bridgehead atoms. The number of H-pyrrole nitrogens is 1. The fraction of sp³-hybridized carbons (Fsp3) is 0.115. The molecule has 0 saturated carbocycles. The molecule has 1 unspecified atom stereocenters. The standard InChI is InChI=1S/C26H23Cl2N5O2/c1-2-15-4-3-5-17(12-15)25(34)31-24-20-14-18(7-9-23(20)32-33-24)30-26(35)19(10-11-29)16-6-8-21(27)22(28)13-16/h2-9,12-14,19H,1,10-11,29H2,(H,30,35)(H2,31,32,33,34). The summed E-state index contributed by atoms with van der Waals surface area (Å²) in [6.45, 7) is 4.05. The number of hydrogen-bond donors (Lipinski definition) is 4. The molecule has 7 nitrogen and oxygen atoms in total. The van der Waals surface area contributed by atoms with E-state index in [9.17, 15) is 9.59 Å². The van der Waals surface area contributed by atoms with Gasteiger partial charge in [0.15, 0.2) is 5.82 Å². The van der Waals surface area contributed by atoms with Gasteiger partial charge in [0, 0.05) is 16.6 Å². The van der Waals surface area contributed by atoms with Gasteiger partial charge >= 0.3 is 0 Å². The Hall–Kier alpha value is -3.65. The number of halogens is 2. The van der Waals surface area contributed by atoms with E-state index in [1.54, 1.807) is 60.7 Å². The number of aromatic amines is 1. The Balaban J connectivity index is 1.56. The number of carbonyl (C=O) groups excluding carboxylic acids is 2. The number of benzene rings is 3. The minimum atomic E-state index is -0.508. The van der Waals surface area contributed by atoms with E-state index in [0.717, 1.165) is 11.1 Å². The Morgan fingerprint density at radius 3 is 2.63 bits per heavy atom. The monoisotopic (exact) mass is 507 g/mol. The topological polar surface area (TPSA) is 113 Å². The van der Waals surface area contributed by atoms with E-state index in [1.807, 2.05) is 6.07 Å². The molecule has 0 spiro atoms. The summed E-state index contributed by atoms with van der Waals surface area (Å²) in [6.07, 6.45) is 2.11. The molecule has 35 heavy (non-hydrogen) atoms. The molecule has 178 valence electrons. The molecule has 2 amide bonds. The zero-order valence-electron chi connectivity index (χ0n) is 18.6. The molecule has 0 aliphatic carbocycles. The summed E-state index contributed by atoms with van der Waals surface area (Å²) in [5, 5.41) is 14.3. The van der Waals surface area contributed by atoms with E-state index in [-0.39, 0.29) is 11.8 Å². The Morgan fingerprint density at radius 1 is 1.06 bits per heavy atom. The number of amides is 2. The van der Waals surface area contributed by atoms with Crippen LogP contribution in [0.4, 0.5) is 11.5 Å². The summed E-state index contributed by atoms with van der Waals surface area (Å²) >= 11 is 12.2. The van der Waals surface area contributed by atoms with Crippen LogP contribution in [0, 0.1) is 0 Å². The summed E-state index contributed by atoms with van der Waals surface area (Å²) in [6, 6.07) is 17.5. The second-order valence-electron chi connectivity index (χ2n) is 7.91. The van der Waals surface area contributed by atoms with Gasteiger partial charge in [0.1, 0.15) is 0 Å². The van der Waals surface area contributed by atoms with Crippen LogP contribution in [0.3, 0.4) is 0 Å². The van der Waals surface area contributed by atoms with Crippen LogP contribution in [0.1, 0.15) is 33.8 Å². The van der Waals surface area contributed by atoms with Gasteiger partial charge in [0.05, 0.1) is 21.5 Å². The van der Waals surface area contributed by atoms with Crippen molar-refractivity contribution in [3.8, 4) is 0 Å². The average molecular weight is 508 g/mol. The summed E-state index contributed by atoms with van der Waals surface area (Å²) < 4.78 is 0. The number of nitrogens with zero attached hydrogens (tertiary/aromatic N) is 1. The van der Waals surface area contributed by atoms with Crippen molar-refractivity contribution >= 4 is 63.5 Å². The number of rotatable bonds is 8. The van der Waals surface area contributed by atoms with Gasteiger partial charge in [0.25, 0.3) is 5.91 Å². The lowest BCUT2D eigenvalue weighted by Gasteiger charge is -2.17. The molecule has 1 aromatic heterocycles. The third kappa shape index (κ3) is 5.54. The van der Waals surface area contributed by atoms with Crippen LogP contribution < -0.4 is 16.4 Å². The molecule has 1 heterocycles. The third-order valence-corrected chi connectivity index (χ3v) is 6.30. The highest BCUT2D eigenvalue weighted by molar-refractivity contribution is 6.42. The van der Waals surface area contributed by atoms with E-state index < -0.39 is 5.92 Å². The average Bonchev–Trinajstić information content (AvgIpc) is 3.26. The Kier molecular flexibility index (Phi) is 7.51. The largest absolute Gasteiger partial charge is 0.330 e. The van der Waals surface area contributed by atoms with Crippen LogP contribution in [0.15, 0.2) is 67.2 Å². The van der Waals surface area contributed by atoms with Gasteiger partial charge in [-0.3, -0.25) is 14.7 Å². The van der Waals surface area contributed by atoms with E-state index in [0.29, 0.717) is 51.0 Å². The number of anilines is 2. The van der Waals surface area contributed by atoms with Crippen molar-refractivity contribution in [2.24, 2.45) is 5.73 Å². The number of carbonyl (C=O) groups is 2. The molecular formula is C26H23Cl2N5O2. The molecule has 3 aromatic carbocycles. The van der Waals surface area contributed by atoms with Gasteiger partial charge in [-0.15, -0.1) is 0 Å². The van der Waals surface area contributed by atoms with Crippen LogP contribution in [0.25, 0.3) is 17.0 Å². The van der Waals surface area contributed by atoms with Gasteiger partial charge in [-0.1, -0.05) is 54.1 Å². The summed E-state index contributed by atoms with van der Waals surface area (Å²) in [5.41, 5.74) is 9.06. The number of nitrogens with two attached hydrogens (primary N) is 1. The quantitative estimate of drug-likeness (QED) is 0.240. The first kappa shape index (κ1) is 24.5. The normalized spacial score (nSPS) is 11.7. The van der Waals surface area contributed by atoms with Crippen molar-refractivity contribution in [3.63, 3.8) is 0 Å². The first-order valence-corrected chi connectivity index (χ1v) is 11.6. The third-order valence-electron chi connectivity index (χ3n) is 5.56. The van der Waals surface area contributed by atoms with Gasteiger partial charge in [0.2, 0.25) is 5.91 Å². The number of fused-ring (bicyclic) bond motifs is 1. The minimum absolute atomic E-state index is 0.233. The molecular weight excluding hydrogens is 485 g/mol. The van der Waals surface area contributed by atoms with Crippen LogP contribution >= 0.6 is 23.2 Å². The second-order valence-corrected chi connectivity index (χ2v) is 8.72. The summed E-state index contributed by atoms with van der Waals surface area (Å²) in [5.74, 6) is -0.693. The van der Waals surface area contributed by atoms with Gasteiger partial charge < -0.3 is 16.4 Å². The summed E-state index contributed by atoms with van der Waals surface area (Å²) in [4.78, 5) is 25.9. The highest BCUT2D eigenvalue weighted by Crippen LogP contribution is 2.30. The zero-order chi connectivity index (χ0) is 24.9. The molecule has 0 fully saturated rings. The molecule has 1 atom stereocenters. The maximum Gasteiger partial charge on any atom is 0.256 e. The summed E-state index contributed by atoms with van der Waals surface area (Å²) in [7, 11) is 0. The zero-order valence-corrected chi connectivity index (χ0v) is 20.2. The van der Waals surface area contributed by atoms with Crippen molar-refractivity contribution in [3.05, 3.63) is 94.0 Å². The van der Waals surface area contributed by atoms with Gasteiger partial charge in [-0.2, -0.15) is 5.10 Å². The maximum atomic E-state index is 13.1. The predicted octanol–water partition coefficient (Wildman–Crippen LogP) is 5.84. The molecule has 0 saturated heterocycles. The van der Waals surface area contributed by atoms with Crippen molar-refractivity contribution in [1.29, 1.82) is 0 Å². The fourth-order valence-electron chi connectivity index (χ4n) is 3.75. The van der Waals surface area contributed by atoms with E-state index >= 15 is 0 Å². The highest BCUT2D eigenvalue weighted by atomic mass is 35.5. The van der Waals surface area contributed by atoms with Crippen molar-refractivity contribution in [2.45, 2.75) is 12.3 Å². The van der Waals surface area contributed by atoms with Crippen LogP contribution in [-0.2, 0) is 4.79 Å². The smallest absolute Gasteiger partial charge is 0.256 e. The Labute approximate surface area is 212 Å². The minimum Gasteiger partial charge on any atom is -0.330 e. The highest BCUT2D eigenvalue weighted by Gasteiger charge is 2.21. The van der Waals surface area contributed by atoms with Crippen LogP contribution in [-0.4, -0.2) is 28.6 Å². The first-order chi connectivity index (χ1) is 16.9. The maximum absolute atomic E-state index is 13.1. The first-order valence-electron chi connectivity index (χ1n) is 10.9. The van der Waals surface area contributed by atoms with E-state index in [4.69, 9.17) is 28.9 Å². The molecule has 9 heteroatoms. The van der Waals surface area contributed by atoms with Gasteiger partial charge in [-0.25, -0.2) is 0 Å². The van der Waals surface area contributed by atoms with Gasteiger partial charge in [-0.05, 0) is 66.6 Å². The molecule has 5 N–H and O–H groups in total. The Morgan fingerprint density at radius 2 is 1.89 bits per heavy atom. The lowest BCUT2D eigenvalue weighted by atomic mass is 9.94. The van der Waals surface area contributed by atoms with Crippen molar-refractivity contribution in [1.82, 2.24) is 10.2 Å². The predicted molar refractivity (Wildman–Crippen MR) is 142 cm³/mol.